The van der Waals surface area contributed by atoms with Crippen molar-refractivity contribution >= 4 is 15.6 Å². The molecule has 2 aliphatic rings. The molecule has 184 valence electrons. The summed E-state index contributed by atoms with van der Waals surface area (Å²) in [5, 5.41) is 39.0. The van der Waals surface area contributed by atoms with Crippen molar-refractivity contribution in [2.45, 2.75) is 61.2 Å². The number of hydrogen-bond acceptors (Lipinski definition) is 14. The fraction of sp³-hybridized carbons (Fsp3) is 1.00. The number of aliphatic hydroxyl groups excluding tert-OH is 4. The lowest BCUT2D eigenvalue weighted by molar-refractivity contribution is -0.283. The molecule has 0 amide bonds. The van der Waals surface area contributed by atoms with E-state index in [9.17, 15) is 34.4 Å². The van der Waals surface area contributed by atoms with Crippen LogP contribution in [0.3, 0.4) is 0 Å². The number of hydrogen-bond donors (Lipinski definition) is 10. The molecule has 0 radical (unpaired) electrons. The maximum atomic E-state index is 11.8. The van der Waals surface area contributed by atoms with E-state index in [0.29, 0.717) is 0 Å². The average Bonchev–Trinajstić information content (AvgIpc) is 2.64. The van der Waals surface area contributed by atoms with Crippen LogP contribution >= 0.6 is 15.6 Å². The van der Waals surface area contributed by atoms with Crippen molar-refractivity contribution < 1.29 is 67.3 Å². The molecule has 17 nitrogen and oxygen atoms in total. The molecule has 0 aromatic carbocycles. The Morgan fingerprint density at radius 1 is 0.871 bits per heavy atom. The summed E-state index contributed by atoms with van der Waals surface area (Å²) in [6.07, 6.45) is -10.3. The van der Waals surface area contributed by atoms with Crippen LogP contribution in [0, 0.1) is 0 Å². The molecule has 2 saturated heterocycles. The molecule has 0 aliphatic carbocycles. The van der Waals surface area contributed by atoms with Crippen molar-refractivity contribution in [2.24, 2.45) is 17.2 Å². The predicted molar refractivity (Wildman–Crippen MR) is 96.3 cm³/mol. The highest BCUT2D eigenvalue weighted by molar-refractivity contribution is 7.60. The van der Waals surface area contributed by atoms with Crippen LogP contribution in [0.1, 0.15) is 0 Å². The zero-order valence-electron chi connectivity index (χ0n) is 15.8. The molecule has 0 saturated carbocycles. The Hall–Kier alpha value is -0.140. The second-order valence-electron chi connectivity index (χ2n) is 6.95. The molecule has 13 N–H and O–H groups in total. The minimum Gasteiger partial charge on any atom is -0.394 e. The second-order valence-corrected chi connectivity index (χ2v) is 9.73. The van der Waals surface area contributed by atoms with E-state index >= 15 is 0 Å². The van der Waals surface area contributed by atoms with Crippen molar-refractivity contribution in [1.29, 1.82) is 0 Å². The zero-order chi connectivity index (χ0) is 23.7. The topological polar surface area (TPSA) is 300 Å². The maximum Gasteiger partial charge on any atom is 0.481 e. The number of ether oxygens (including phenoxy) is 3. The molecule has 0 aromatic rings. The third-order valence-corrected chi connectivity index (χ3v) is 6.84. The highest BCUT2D eigenvalue weighted by Crippen LogP contribution is 2.58. The van der Waals surface area contributed by atoms with Gasteiger partial charge in [-0.15, -0.1) is 0 Å². The van der Waals surface area contributed by atoms with Gasteiger partial charge in [0.15, 0.2) is 12.6 Å². The fourth-order valence-corrected chi connectivity index (χ4v) is 4.84. The van der Waals surface area contributed by atoms with Gasteiger partial charge in [0.05, 0.1) is 31.3 Å². The van der Waals surface area contributed by atoms with Crippen LogP contribution in [0.5, 0.6) is 0 Å². The van der Waals surface area contributed by atoms with E-state index in [0.717, 1.165) is 0 Å². The maximum absolute atomic E-state index is 11.8. The van der Waals surface area contributed by atoms with Gasteiger partial charge in [-0.25, -0.2) is 9.13 Å². The molecule has 0 aromatic heterocycles. The largest absolute Gasteiger partial charge is 0.481 e. The molecule has 2 aliphatic heterocycles. The van der Waals surface area contributed by atoms with Crippen LogP contribution in [-0.4, -0.2) is 110 Å². The number of phosphoric acid groups is 2. The van der Waals surface area contributed by atoms with Gasteiger partial charge in [-0.3, -0.25) is 4.52 Å². The van der Waals surface area contributed by atoms with Crippen molar-refractivity contribution in [3.05, 3.63) is 0 Å². The monoisotopic (exact) mass is 499 g/mol. The van der Waals surface area contributed by atoms with Crippen LogP contribution < -0.4 is 17.2 Å². The molecule has 31 heavy (non-hydrogen) atoms. The van der Waals surface area contributed by atoms with E-state index < -0.39 is 90.1 Å². The van der Waals surface area contributed by atoms with Gasteiger partial charge in [-0.1, -0.05) is 0 Å². The van der Waals surface area contributed by atoms with Gasteiger partial charge in [0, 0.05) is 0 Å². The molecule has 0 spiro atoms. The summed E-state index contributed by atoms with van der Waals surface area (Å²) >= 11 is 0. The second kappa shape index (κ2) is 10.4. The van der Waals surface area contributed by atoms with Gasteiger partial charge in [0.2, 0.25) is 0 Å². The highest BCUT2D eigenvalue weighted by Gasteiger charge is 2.49. The number of rotatable bonds is 8. The predicted octanol–water partition coefficient (Wildman–Crippen LogP) is -5.26. The quantitative estimate of drug-likeness (QED) is 0.139. The summed E-state index contributed by atoms with van der Waals surface area (Å²) in [6, 6.07) is -3.90. The molecular weight excluding hydrogens is 472 g/mol. The molecule has 2 fully saturated rings. The Bertz CT molecular complexity index is 695. The number of aliphatic hydroxyl groups is 4. The summed E-state index contributed by atoms with van der Waals surface area (Å²) in [6.45, 7) is -1.31. The van der Waals surface area contributed by atoms with Crippen LogP contribution in [0.15, 0.2) is 0 Å². The lowest BCUT2D eigenvalue weighted by atomic mass is 9.95. The lowest BCUT2D eigenvalue weighted by Gasteiger charge is -2.44. The Morgan fingerprint density at radius 3 is 2.03 bits per heavy atom. The van der Waals surface area contributed by atoms with E-state index in [2.05, 4.69) is 8.83 Å². The summed E-state index contributed by atoms with van der Waals surface area (Å²) in [5.74, 6) is 0. The summed E-state index contributed by atoms with van der Waals surface area (Å²) < 4.78 is 46.7. The number of nitrogens with two attached hydrogens (primary N) is 3. The van der Waals surface area contributed by atoms with Gasteiger partial charge in [0.25, 0.3) is 0 Å². The Balaban J connectivity index is 2.03. The molecule has 19 heteroatoms. The zero-order valence-corrected chi connectivity index (χ0v) is 17.6. The van der Waals surface area contributed by atoms with Crippen LogP contribution in [-0.2, 0) is 32.2 Å². The van der Waals surface area contributed by atoms with Gasteiger partial charge >= 0.3 is 15.6 Å². The van der Waals surface area contributed by atoms with Crippen LogP contribution in [0.25, 0.3) is 0 Å². The molecule has 11 atom stereocenters. The first-order valence-electron chi connectivity index (χ1n) is 8.79. The van der Waals surface area contributed by atoms with Crippen molar-refractivity contribution in [3.8, 4) is 0 Å². The van der Waals surface area contributed by atoms with E-state index in [4.69, 9.17) is 41.2 Å². The van der Waals surface area contributed by atoms with Gasteiger partial charge in [-0.2, -0.15) is 4.31 Å². The van der Waals surface area contributed by atoms with Crippen molar-refractivity contribution in [1.82, 2.24) is 0 Å². The Kier molecular flexibility index (Phi) is 9.11. The van der Waals surface area contributed by atoms with Crippen LogP contribution in [0.4, 0.5) is 0 Å². The molecular formula is C12H27N3O14P2. The normalized spacial score (nSPS) is 44.1. The summed E-state index contributed by atoms with van der Waals surface area (Å²) in [7, 11) is -10.7. The van der Waals surface area contributed by atoms with Crippen LogP contribution in [0.2, 0.25) is 0 Å². The molecule has 1 unspecified atom stereocenters. The minimum atomic E-state index is -5.40. The molecule has 2 heterocycles. The first kappa shape index (κ1) is 27.1. The average molecular weight is 499 g/mol. The van der Waals surface area contributed by atoms with Gasteiger partial charge in [-0.05, 0) is 0 Å². The highest BCUT2D eigenvalue weighted by atomic mass is 31.3. The Morgan fingerprint density at radius 2 is 1.48 bits per heavy atom. The SMILES string of the molecule is N[C@@H]1[C@@H](N)[C@H](OC[C@H]2O[C@H](O)[C@H](N)[C@@H](O)[C@@H]2O)O[C@H](CO)[C@H]1OP(=O)(O)OP(=O)(O)O. The first-order valence-corrected chi connectivity index (χ1v) is 11.8. The summed E-state index contributed by atoms with van der Waals surface area (Å²) in [4.78, 5) is 26.9. The Labute approximate surface area is 175 Å². The van der Waals surface area contributed by atoms with Gasteiger partial charge in [0.1, 0.15) is 30.5 Å². The van der Waals surface area contributed by atoms with E-state index in [1.807, 2.05) is 0 Å². The minimum absolute atomic E-state index is 0.476. The smallest absolute Gasteiger partial charge is 0.394 e. The molecule has 2 rings (SSSR count). The van der Waals surface area contributed by atoms with E-state index in [1.165, 1.54) is 0 Å². The van der Waals surface area contributed by atoms with E-state index in [-0.39, 0.29) is 0 Å². The third kappa shape index (κ3) is 6.92. The lowest BCUT2D eigenvalue weighted by Crippen LogP contribution is -2.67. The van der Waals surface area contributed by atoms with Crippen molar-refractivity contribution in [2.75, 3.05) is 13.2 Å². The van der Waals surface area contributed by atoms with Crippen molar-refractivity contribution in [3.63, 3.8) is 0 Å². The fourth-order valence-electron chi connectivity index (χ4n) is 3.03. The van der Waals surface area contributed by atoms with Gasteiger partial charge < -0.3 is 66.5 Å². The number of phosphoric ester groups is 1. The standard InChI is InChI=1S/C12H27N3O14P2/c13-5-6(14)12(25-2-4-8(17)9(18)7(15)11(19)26-4)27-3(1-16)10(5)28-31(23,24)29-30(20,21)22/h3-12,16-19H,1-2,13-15H2,(H,23,24)(H2,20,21,22)/t3-,4-,5-,6-,7-,8-,9-,10-,11+,12-/m1/s1. The molecule has 0 bridgehead atoms. The van der Waals surface area contributed by atoms with E-state index in [1.54, 1.807) is 0 Å². The third-order valence-electron chi connectivity index (χ3n) is 4.65. The first-order chi connectivity index (χ1) is 14.2. The summed E-state index contributed by atoms with van der Waals surface area (Å²) in [5.41, 5.74) is 17.2.